The molecule has 1 aromatic rings. The van der Waals surface area contributed by atoms with E-state index in [1.165, 1.54) is 0 Å². The molecule has 1 aromatic heterocycles. The van der Waals surface area contributed by atoms with Gasteiger partial charge in [0, 0.05) is 31.6 Å². The highest BCUT2D eigenvalue weighted by atomic mass is 16.6. The van der Waals surface area contributed by atoms with Gasteiger partial charge < -0.3 is 14.0 Å². The third kappa shape index (κ3) is 2.50. The van der Waals surface area contributed by atoms with Gasteiger partial charge in [-0.25, -0.2) is 0 Å². The number of ether oxygens (including phenoxy) is 1. The Hall–Kier alpha value is -1.33. The molecule has 1 saturated heterocycles. The maximum Gasteiger partial charge on any atom is 0.145 e. The van der Waals surface area contributed by atoms with Crippen molar-refractivity contribution in [2.75, 3.05) is 32.8 Å². The maximum absolute atomic E-state index is 5.46. The van der Waals surface area contributed by atoms with Crippen LogP contribution < -0.4 is 0 Å². The molecule has 0 bridgehead atoms. The third-order valence-corrected chi connectivity index (χ3v) is 3.15. The van der Waals surface area contributed by atoms with Crippen molar-refractivity contribution in [1.29, 1.82) is 0 Å². The number of hydrogen-bond donors (Lipinski definition) is 0. The van der Waals surface area contributed by atoms with Crippen LogP contribution in [0.5, 0.6) is 0 Å². The molecule has 0 spiro atoms. The second kappa shape index (κ2) is 4.89. The first-order valence-corrected chi connectivity index (χ1v) is 5.97. The van der Waals surface area contributed by atoms with Crippen molar-refractivity contribution < 1.29 is 14.0 Å². The molecule has 0 N–H and O–H groups in total. The van der Waals surface area contributed by atoms with Crippen LogP contribution in [0.4, 0.5) is 0 Å². The second-order valence-corrected chi connectivity index (χ2v) is 4.39. The van der Waals surface area contributed by atoms with Gasteiger partial charge in [-0.2, -0.15) is 0 Å². The van der Waals surface area contributed by atoms with Crippen LogP contribution in [0.2, 0.25) is 0 Å². The zero-order valence-corrected chi connectivity index (χ0v) is 9.67. The fourth-order valence-electron chi connectivity index (χ4n) is 2.20. The van der Waals surface area contributed by atoms with Crippen molar-refractivity contribution >= 4 is 5.71 Å². The summed E-state index contributed by atoms with van der Waals surface area (Å²) in [6, 6.07) is 1.92. The van der Waals surface area contributed by atoms with Gasteiger partial charge in [-0.3, -0.25) is 4.90 Å². The first-order chi connectivity index (χ1) is 8.42. The topological polar surface area (TPSA) is 47.2 Å². The minimum atomic E-state index is 0.165. The SMILES string of the molecule is c1cc(C2=NOC(CN3CCOCC3)C2)co1. The first kappa shape index (κ1) is 10.8. The van der Waals surface area contributed by atoms with Gasteiger partial charge in [0.2, 0.25) is 0 Å². The Labute approximate surface area is 100.0 Å². The smallest absolute Gasteiger partial charge is 0.145 e. The van der Waals surface area contributed by atoms with Gasteiger partial charge in [-0.1, -0.05) is 5.16 Å². The predicted octanol–water partition coefficient (Wildman–Crippen LogP) is 1.10. The highest BCUT2D eigenvalue weighted by molar-refractivity contribution is 6.00. The molecule has 17 heavy (non-hydrogen) atoms. The first-order valence-electron chi connectivity index (χ1n) is 5.97. The Morgan fingerprint density at radius 3 is 3.00 bits per heavy atom. The summed E-state index contributed by atoms with van der Waals surface area (Å²) in [5.74, 6) is 0. The van der Waals surface area contributed by atoms with E-state index in [0.717, 1.165) is 50.5 Å². The van der Waals surface area contributed by atoms with Gasteiger partial charge in [0.25, 0.3) is 0 Å². The van der Waals surface area contributed by atoms with Gasteiger partial charge in [0.1, 0.15) is 6.10 Å². The van der Waals surface area contributed by atoms with E-state index < -0.39 is 0 Å². The summed E-state index contributed by atoms with van der Waals surface area (Å²) in [4.78, 5) is 7.82. The fourth-order valence-corrected chi connectivity index (χ4v) is 2.20. The predicted molar refractivity (Wildman–Crippen MR) is 62.0 cm³/mol. The Morgan fingerprint density at radius 2 is 2.24 bits per heavy atom. The lowest BCUT2D eigenvalue weighted by Gasteiger charge is -2.27. The molecular formula is C12H16N2O3. The van der Waals surface area contributed by atoms with E-state index in [1.54, 1.807) is 12.5 Å². The Morgan fingerprint density at radius 1 is 1.35 bits per heavy atom. The van der Waals surface area contributed by atoms with Crippen LogP contribution in [0, 0.1) is 0 Å². The van der Waals surface area contributed by atoms with Crippen LogP contribution in [-0.4, -0.2) is 49.6 Å². The van der Waals surface area contributed by atoms with Crippen LogP contribution in [0.1, 0.15) is 12.0 Å². The van der Waals surface area contributed by atoms with Crippen LogP contribution in [0.25, 0.3) is 0 Å². The number of nitrogens with zero attached hydrogens (tertiary/aromatic N) is 2. The van der Waals surface area contributed by atoms with E-state index in [9.17, 15) is 0 Å². The molecule has 1 fully saturated rings. The van der Waals surface area contributed by atoms with Crippen molar-refractivity contribution in [2.45, 2.75) is 12.5 Å². The van der Waals surface area contributed by atoms with Crippen molar-refractivity contribution in [3.63, 3.8) is 0 Å². The van der Waals surface area contributed by atoms with E-state index >= 15 is 0 Å². The van der Waals surface area contributed by atoms with E-state index in [2.05, 4.69) is 10.1 Å². The average Bonchev–Trinajstić information content (AvgIpc) is 3.00. The summed E-state index contributed by atoms with van der Waals surface area (Å²) < 4.78 is 10.4. The molecule has 0 aromatic carbocycles. The van der Waals surface area contributed by atoms with Gasteiger partial charge >= 0.3 is 0 Å². The van der Waals surface area contributed by atoms with Gasteiger partial charge in [-0.15, -0.1) is 0 Å². The molecule has 5 nitrogen and oxygen atoms in total. The van der Waals surface area contributed by atoms with Gasteiger partial charge in [-0.05, 0) is 6.07 Å². The molecule has 5 heteroatoms. The monoisotopic (exact) mass is 236 g/mol. The largest absolute Gasteiger partial charge is 0.472 e. The summed E-state index contributed by atoms with van der Waals surface area (Å²) >= 11 is 0. The summed E-state index contributed by atoms with van der Waals surface area (Å²) in [6.07, 6.45) is 4.39. The molecule has 92 valence electrons. The molecule has 0 saturated carbocycles. The van der Waals surface area contributed by atoms with E-state index in [0.29, 0.717) is 0 Å². The summed E-state index contributed by atoms with van der Waals surface area (Å²) in [5, 5.41) is 4.12. The number of furan rings is 1. The van der Waals surface area contributed by atoms with Gasteiger partial charge in [0.15, 0.2) is 0 Å². The molecule has 0 amide bonds. The van der Waals surface area contributed by atoms with E-state index in [1.807, 2.05) is 6.07 Å². The minimum Gasteiger partial charge on any atom is -0.472 e. The van der Waals surface area contributed by atoms with Crippen LogP contribution in [0.3, 0.4) is 0 Å². The standard InChI is InChI=1S/C12H16N2O3/c1-4-16-9-10(1)12-7-11(17-13-12)8-14-2-5-15-6-3-14/h1,4,9,11H,2-3,5-8H2. The molecule has 2 aliphatic heterocycles. The lowest BCUT2D eigenvalue weighted by molar-refractivity contribution is -0.0000388. The van der Waals surface area contributed by atoms with Crippen LogP contribution in [-0.2, 0) is 9.57 Å². The Kier molecular flexibility index (Phi) is 3.11. The maximum atomic E-state index is 5.46. The Bertz CT molecular complexity index is 382. The average molecular weight is 236 g/mol. The normalized spacial score (nSPS) is 25.6. The fraction of sp³-hybridized carbons (Fsp3) is 0.583. The molecule has 0 radical (unpaired) electrons. The van der Waals surface area contributed by atoms with Crippen molar-refractivity contribution in [2.24, 2.45) is 5.16 Å². The molecule has 2 aliphatic rings. The van der Waals surface area contributed by atoms with Gasteiger partial charge in [0.05, 0.1) is 31.5 Å². The van der Waals surface area contributed by atoms with Crippen LogP contribution in [0.15, 0.2) is 28.2 Å². The van der Waals surface area contributed by atoms with E-state index in [4.69, 9.17) is 14.0 Å². The highest BCUT2D eigenvalue weighted by Crippen LogP contribution is 2.18. The number of hydrogen-bond acceptors (Lipinski definition) is 5. The zero-order chi connectivity index (χ0) is 11.5. The summed E-state index contributed by atoms with van der Waals surface area (Å²) in [7, 11) is 0. The van der Waals surface area contributed by atoms with Crippen molar-refractivity contribution in [3.05, 3.63) is 24.2 Å². The lowest BCUT2D eigenvalue weighted by atomic mass is 10.1. The molecule has 3 heterocycles. The van der Waals surface area contributed by atoms with Crippen LogP contribution >= 0.6 is 0 Å². The number of oxime groups is 1. The summed E-state index contributed by atoms with van der Waals surface area (Å²) in [5.41, 5.74) is 2.01. The third-order valence-electron chi connectivity index (χ3n) is 3.15. The zero-order valence-electron chi connectivity index (χ0n) is 9.67. The molecule has 3 rings (SSSR count). The number of morpholine rings is 1. The molecule has 1 unspecified atom stereocenters. The minimum absolute atomic E-state index is 0.165. The summed E-state index contributed by atoms with van der Waals surface area (Å²) in [6.45, 7) is 4.54. The van der Waals surface area contributed by atoms with Crippen molar-refractivity contribution in [3.8, 4) is 0 Å². The Balaban J connectivity index is 1.52. The highest BCUT2D eigenvalue weighted by Gasteiger charge is 2.25. The molecule has 1 atom stereocenters. The van der Waals surface area contributed by atoms with E-state index in [-0.39, 0.29) is 6.10 Å². The second-order valence-electron chi connectivity index (χ2n) is 4.39. The number of rotatable bonds is 3. The quantitative estimate of drug-likeness (QED) is 0.788. The molecular weight excluding hydrogens is 220 g/mol. The lowest BCUT2D eigenvalue weighted by Crippen LogP contribution is -2.41. The molecule has 0 aliphatic carbocycles. The van der Waals surface area contributed by atoms with Crippen molar-refractivity contribution in [1.82, 2.24) is 4.90 Å².